The maximum absolute atomic E-state index is 10.4. The van der Waals surface area contributed by atoms with E-state index in [4.69, 9.17) is 11.6 Å². The third-order valence-electron chi connectivity index (χ3n) is 2.48. The van der Waals surface area contributed by atoms with Gasteiger partial charge in [-0.3, -0.25) is 10.1 Å². The van der Waals surface area contributed by atoms with Crippen LogP contribution < -0.4 is 0 Å². The molecule has 0 aliphatic carbocycles. The lowest BCUT2D eigenvalue weighted by atomic mass is 9.95. The molecule has 0 aliphatic rings. The smallest absolute Gasteiger partial charge is 0.235 e. The Balaban J connectivity index is 3.10. The number of thioether (sulfide) groups is 1. The lowest BCUT2D eigenvalue weighted by Gasteiger charge is -2.23. The van der Waals surface area contributed by atoms with Gasteiger partial charge in [0.25, 0.3) is 0 Å². The largest absolute Gasteiger partial charge is 0.259 e. The Bertz CT molecular complexity index is 542. The topological polar surface area (TPSA) is 43.1 Å². The van der Waals surface area contributed by atoms with Crippen molar-refractivity contribution in [2.45, 2.75) is 32.6 Å². The zero-order valence-corrected chi connectivity index (χ0v) is 13.6. The Hall–Kier alpha value is -1.26. The number of nitro groups is 1. The summed E-state index contributed by atoms with van der Waals surface area (Å²) < 4.78 is 0. The van der Waals surface area contributed by atoms with E-state index < -0.39 is 4.92 Å². The zero-order valence-electron chi connectivity index (χ0n) is 12.0. The molecule has 0 aliphatic heterocycles. The summed E-state index contributed by atoms with van der Waals surface area (Å²) in [6.45, 7) is 8.13. The van der Waals surface area contributed by atoms with Crippen LogP contribution in [0.15, 0.2) is 51.4 Å². The molecule has 0 fully saturated rings. The van der Waals surface area contributed by atoms with Crippen LogP contribution in [0.2, 0.25) is 0 Å². The Morgan fingerprint density at radius 3 is 2.30 bits per heavy atom. The standard InChI is InChI=1S/C15H18ClNO2S/c1-11-5-7-12(8-6-11)20-14(15(2,3)4)13(16)9-10-17(18)19/h5-10H,1-4H3/b10-9+,14-13+. The van der Waals surface area contributed by atoms with E-state index in [-0.39, 0.29) is 5.41 Å². The first kappa shape index (κ1) is 16.8. The summed E-state index contributed by atoms with van der Waals surface area (Å²) in [4.78, 5) is 11.9. The molecule has 1 aromatic carbocycles. The van der Waals surface area contributed by atoms with Crippen LogP contribution in [0, 0.1) is 22.5 Å². The molecule has 0 amide bonds. The van der Waals surface area contributed by atoms with Gasteiger partial charge in [-0.2, -0.15) is 0 Å². The van der Waals surface area contributed by atoms with Crippen LogP contribution in [0.3, 0.4) is 0 Å². The van der Waals surface area contributed by atoms with E-state index in [2.05, 4.69) is 0 Å². The van der Waals surface area contributed by atoms with E-state index in [0.29, 0.717) is 5.03 Å². The molecule has 5 heteroatoms. The predicted octanol–water partition coefficient (Wildman–Crippen LogP) is 5.37. The van der Waals surface area contributed by atoms with Crippen molar-refractivity contribution in [2.24, 2.45) is 5.41 Å². The molecular weight excluding hydrogens is 294 g/mol. The van der Waals surface area contributed by atoms with Crippen LogP contribution in [0.5, 0.6) is 0 Å². The fourth-order valence-corrected chi connectivity index (χ4v) is 2.92. The van der Waals surface area contributed by atoms with Crippen LogP contribution >= 0.6 is 23.4 Å². The normalized spacial score (nSPS) is 13.4. The van der Waals surface area contributed by atoms with Crippen molar-refractivity contribution >= 4 is 23.4 Å². The summed E-state index contributed by atoms with van der Waals surface area (Å²) in [5, 5.41) is 10.8. The van der Waals surface area contributed by atoms with Gasteiger partial charge in [0.15, 0.2) is 0 Å². The van der Waals surface area contributed by atoms with Gasteiger partial charge in [0.1, 0.15) is 0 Å². The zero-order chi connectivity index (χ0) is 15.3. The number of hydrogen-bond acceptors (Lipinski definition) is 3. The molecule has 0 unspecified atom stereocenters. The average Bonchev–Trinajstić information content (AvgIpc) is 2.33. The van der Waals surface area contributed by atoms with E-state index in [1.807, 2.05) is 52.0 Å². The molecule has 1 aromatic rings. The minimum atomic E-state index is -0.515. The van der Waals surface area contributed by atoms with Crippen LogP contribution in [0.25, 0.3) is 0 Å². The summed E-state index contributed by atoms with van der Waals surface area (Å²) in [6.07, 6.45) is 2.20. The second kappa shape index (κ2) is 6.95. The van der Waals surface area contributed by atoms with Crippen molar-refractivity contribution < 1.29 is 4.92 Å². The van der Waals surface area contributed by atoms with E-state index in [1.165, 1.54) is 23.4 Å². The fourth-order valence-electron chi connectivity index (χ4n) is 1.49. The van der Waals surface area contributed by atoms with Gasteiger partial charge in [0, 0.05) is 15.9 Å². The molecule has 20 heavy (non-hydrogen) atoms. The molecule has 3 nitrogen and oxygen atoms in total. The Morgan fingerprint density at radius 1 is 1.30 bits per heavy atom. The number of allylic oxidation sites excluding steroid dienone is 3. The molecule has 1 rings (SSSR count). The molecule has 0 atom stereocenters. The van der Waals surface area contributed by atoms with Gasteiger partial charge in [-0.25, -0.2) is 0 Å². The summed E-state index contributed by atoms with van der Waals surface area (Å²) in [6, 6.07) is 8.10. The minimum absolute atomic E-state index is 0.187. The van der Waals surface area contributed by atoms with E-state index in [0.717, 1.165) is 16.0 Å². The van der Waals surface area contributed by atoms with Gasteiger partial charge in [0.2, 0.25) is 6.20 Å². The van der Waals surface area contributed by atoms with Crippen molar-refractivity contribution in [3.8, 4) is 0 Å². The summed E-state index contributed by atoms with van der Waals surface area (Å²) in [5.41, 5.74) is 1.00. The number of benzene rings is 1. The number of halogens is 1. The highest BCUT2D eigenvalue weighted by Crippen LogP contribution is 2.42. The van der Waals surface area contributed by atoms with E-state index in [9.17, 15) is 10.1 Å². The molecule has 0 N–H and O–H groups in total. The quantitative estimate of drug-likeness (QED) is 0.325. The second-order valence-corrected chi connectivity index (χ2v) is 6.93. The highest BCUT2D eigenvalue weighted by Gasteiger charge is 2.21. The van der Waals surface area contributed by atoms with Gasteiger partial charge in [0.05, 0.1) is 9.96 Å². The molecule has 0 bridgehead atoms. The first-order valence-electron chi connectivity index (χ1n) is 6.16. The first-order chi connectivity index (χ1) is 9.20. The summed E-state index contributed by atoms with van der Waals surface area (Å²) in [7, 11) is 0. The maximum atomic E-state index is 10.4. The Kier molecular flexibility index (Phi) is 5.84. The van der Waals surface area contributed by atoms with Crippen molar-refractivity contribution in [2.75, 3.05) is 0 Å². The number of hydrogen-bond donors (Lipinski definition) is 0. The molecular formula is C15H18ClNO2S. The number of rotatable bonds is 4. The second-order valence-electron chi connectivity index (χ2n) is 5.44. The third kappa shape index (κ3) is 5.39. The van der Waals surface area contributed by atoms with Gasteiger partial charge in [-0.15, -0.1) is 0 Å². The van der Waals surface area contributed by atoms with Gasteiger partial charge in [-0.05, 0) is 24.5 Å². The SMILES string of the molecule is Cc1ccc(S/C(=C(Cl)\C=C\[N+](=O)[O-])C(C)(C)C)cc1. The first-order valence-corrected chi connectivity index (χ1v) is 7.36. The minimum Gasteiger partial charge on any atom is -0.259 e. The van der Waals surface area contributed by atoms with Gasteiger partial charge >= 0.3 is 0 Å². The molecule has 0 aromatic heterocycles. The Labute approximate surface area is 128 Å². The Morgan fingerprint density at radius 2 is 1.85 bits per heavy atom. The summed E-state index contributed by atoms with van der Waals surface area (Å²) in [5.74, 6) is 0. The van der Waals surface area contributed by atoms with Gasteiger partial charge in [-0.1, -0.05) is 61.8 Å². The van der Waals surface area contributed by atoms with E-state index >= 15 is 0 Å². The highest BCUT2D eigenvalue weighted by molar-refractivity contribution is 8.03. The van der Waals surface area contributed by atoms with Gasteiger partial charge < -0.3 is 0 Å². The van der Waals surface area contributed by atoms with Crippen molar-refractivity contribution in [1.29, 1.82) is 0 Å². The molecule has 0 heterocycles. The van der Waals surface area contributed by atoms with Crippen LogP contribution in [-0.2, 0) is 0 Å². The third-order valence-corrected chi connectivity index (χ3v) is 4.45. The summed E-state index contributed by atoms with van der Waals surface area (Å²) >= 11 is 7.76. The fraction of sp³-hybridized carbons (Fsp3) is 0.333. The van der Waals surface area contributed by atoms with Crippen LogP contribution in [-0.4, -0.2) is 4.92 Å². The van der Waals surface area contributed by atoms with Crippen molar-refractivity contribution in [1.82, 2.24) is 0 Å². The van der Waals surface area contributed by atoms with Crippen LogP contribution in [0.1, 0.15) is 26.3 Å². The van der Waals surface area contributed by atoms with E-state index in [1.54, 1.807) is 0 Å². The predicted molar refractivity (Wildman–Crippen MR) is 85.5 cm³/mol. The molecule has 108 valence electrons. The molecule has 0 spiro atoms. The highest BCUT2D eigenvalue weighted by atomic mass is 35.5. The number of aryl methyl sites for hydroxylation is 1. The molecule has 0 radical (unpaired) electrons. The molecule has 0 saturated heterocycles. The van der Waals surface area contributed by atoms with Crippen LogP contribution in [0.4, 0.5) is 0 Å². The average molecular weight is 312 g/mol. The van der Waals surface area contributed by atoms with Crippen molar-refractivity contribution in [3.05, 3.63) is 62.2 Å². The lowest BCUT2D eigenvalue weighted by Crippen LogP contribution is -2.08. The molecule has 0 saturated carbocycles. The lowest BCUT2D eigenvalue weighted by molar-refractivity contribution is -0.402. The maximum Gasteiger partial charge on any atom is 0.235 e. The van der Waals surface area contributed by atoms with Crippen molar-refractivity contribution in [3.63, 3.8) is 0 Å². The number of nitrogens with zero attached hydrogens (tertiary/aromatic N) is 1. The monoisotopic (exact) mass is 311 g/mol.